The predicted octanol–water partition coefficient (Wildman–Crippen LogP) is 2.55. The zero-order valence-electron chi connectivity index (χ0n) is 17.5. The van der Waals surface area contributed by atoms with Gasteiger partial charge in [-0.05, 0) is 69.3 Å². The zero-order chi connectivity index (χ0) is 20.5. The van der Waals surface area contributed by atoms with E-state index in [9.17, 15) is 14.0 Å². The number of hydrogen-bond acceptors (Lipinski definition) is 3. The van der Waals surface area contributed by atoms with E-state index < -0.39 is 0 Å². The number of hydrogen-bond donors (Lipinski definition) is 0. The molecule has 0 radical (unpaired) electrons. The Morgan fingerprint density at radius 3 is 2.62 bits per heavy atom. The Labute approximate surface area is 172 Å². The van der Waals surface area contributed by atoms with Crippen LogP contribution in [-0.2, 0) is 16.0 Å². The Morgan fingerprint density at radius 2 is 1.90 bits per heavy atom. The second kappa shape index (κ2) is 8.42. The van der Waals surface area contributed by atoms with Gasteiger partial charge in [-0.15, -0.1) is 0 Å². The van der Waals surface area contributed by atoms with Gasteiger partial charge in [0.1, 0.15) is 5.82 Å². The number of benzene rings is 1. The highest BCUT2D eigenvalue weighted by Gasteiger charge is 2.49. The first-order valence-electron chi connectivity index (χ1n) is 10.9. The van der Waals surface area contributed by atoms with Gasteiger partial charge in [-0.2, -0.15) is 0 Å². The van der Waals surface area contributed by atoms with Gasteiger partial charge in [-0.3, -0.25) is 9.59 Å². The lowest BCUT2D eigenvalue weighted by Gasteiger charge is -2.57. The Morgan fingerprint density at radius 1 is 1.17 bits per heavy atom. The maximum absolute atomic E-state index is 13.1. The van der Waals surface area contributed by atoms with Crippen molar-refractivity contribution in [3.8, 4) is 0 Å². The summed E-state index contributed by atoms with van der Waals surface area (Å²) in [7, 11) is 4.12. The molecule has 4 atom stereocenters. The van der Waals surface area contributed by atoms with Crippen molar-refractivity contribution in [2.24, 2.45) is 11.8 Å². The second-order valence-electron chi connectivity index (χ2n) is 9.27. The quantitative estimate of drug-likeness (QED) is 0.762. The van der Waals surface area contributed by atoms with Crippen LogP contribution in [0.15, 0.2) is 24.3 Å². The summed E-state index contributed by atoms with van der Waals surface area (Å²) in [5.74, 6) is 0.986. The molecule has 3 aliphatic heterocycles. The van der Waals surface area contributed by atoms with Crippen molar-refractivity contribution in [1.29, 1.82) is 0 Å². The lowest BCUT2D eigenvalue weighted by atomic mass is 9.72. The lowest BCUT2D eigenvalue weighted by molar-refractivity contribution is -0.157. The molecule has 3 aliphatic rings. The van der Waals surface area contributed by atoms with Crippen LogP contribution in [0.3, 0.4) is 0 Å². The van der Waals surface area contributed by atoms with E-state index in [2.05, 4.69) is 23.9 Å². The van der Waals surface area contributed by atoms with Crippen LogP contribution >= 0.6 is 0 Å². The maximum atomic E-state index is 13.1. The molecule has 0 saturated carbocycles. The summed E-state index contributed by atoms with van der Waals surface area (Å²) < 4.78 is 13.1. The molecule has 4 rings (SSSR count). The fraction of sp³-hybridized carbons (Fsp3) is 0.652. The van der Waals surface area contributed by atoms with E-state index in [1.807, 2.05) is 4.90 Å². The van der Waals surface area contributed by atoms with E-state index in [0.717, 1.165) is 44.5 Å². The summed E-state index contributed by atoms with van der Waals surface area (Å²) in [6, 6.07) is 6.90. The molecule has 1 aromatic carbocycles. The molecule has 0 aromatic heterocycles. The van der Waals surface area contributed by atoms with E-state index in [0.29, 0.717) is 37.0 Å². The third-order valence-corrected chi connectivity index (χ3v) is 6.94. The molecule has 5 nitrogen and oxygen atoms in total. The molecule has 0 unspecified atom stereocenters. The molecular formula is C23H32FN3O2. The average Bonchev–Trinajstić information content (AvgIpc) is 2.70. The molecule has 0 N–H and O–H groups in total. The summed E-state index contributed by atoms with van der Waals surface area (Å²) in [5.41, 5.74) is 0.992. The molecule has 158 valence electrons. The van der Waals surface area contributed by atoms with Gasteiger partial charge >= 0.3 is 0 Å². The van der Waals surface area contributed by atoms with Gasteiger partial charge in [0.25, 0.3) is 0 Å². The average molecular weight is 402 g/mol. The van der Waals surface area contributed by atoms with Gasteiger partial charge < -0.3 is 14.7 Å². The number of halogens is 1. The first kappa shape index (κ1) is 20.3. The molecule has 0 aliphatic carbocycles. The first-order valence-corrected chi connectivity index (χ1v) is 10.9. The van der Waals surface area contributed by atoms with Crippen molar-refractivity contribution in [1.82, 2.24) is 14.7 Å². The van der Waals surface area contributed by atoms with E-state index >= 15 is 0 Å². The number of rotatable bonds is 5. The number of fused-ring (bicyclic) bond motifs is 4. The van der Waals surface area contributed by atoms with E-state index in [1.165, 1.54) is 12.1 Å². The fourth-order valence-electron chi connectivity index (χ4n) is 5.65. The van der Waals surface area contributed by atoms with Crippen LogP contribution in [0, 0.1) is 17.7 Å². The predicted molar refractivity (Wildman–Crippen MR) is 110 cm³/mol. The molecule has 29 heavy (non-hydrogen) atoms. The molecule has 2 bridgehead atoms. The van der Waals surface area contributed by atoms with E-state index in [4.69, 9.17) is 0 Å². The lowest BCUT2D eigenvalue weighted by Crippen LogP contribution is -2.67. The molecular weight excluding hydrogens is 369 g/mol. The van der Waals surface area contributed by atoms with Crippen LogP contribution in [0.1, 0.15) is 37.7 Å². The Balaban J connectivity index is 1.45. The Kier molecular flexibility index (Phi) is 5.91. The summed E-state index contributed by atoms with van der Waals surface area (Å²) in [6.07, 6.45) is 4.91. The van der Waals surface area contributed by atoms with Crippen LogP contribution in [0.25, 0.3) is 0 Å². The standard InChI is InChI=1S/C23H32FN3O2/c1-25(2)15-21-18-12-17(20-4-3-5-23(29)27(20)21)13-26(14-18)22(28)11-8-16-6-9-19(24)10-7-16/h6-7,9-10,17-18,20-21H,3-5,8,11-15H2,1-2H3/t17-,18+,20+,21+/m1/s1. The second-order valence-corrected chi connectivity index (χ2v) is 9.27. The van der Waals surface area contributed by atoms with Gasteiger partial charge in [0.2, 0.25) is 11.8 Å². The van der Waals surface area contributed by atoms with Gasteiger partial charge in [0.15, 0.2) is 0 Å². The van der Waals surface area contributed by atoms with Crippen LogP contribution < -0.4 is 0 Å². The summed E-state index contributed by atoms with van der Waals surface area (Å²) >= 11 is 0. The zero-order valence-corrected chi connectivity index (χ0v) is 17.5. The number of carbonyl (C=O) groups is 2. The molecule has 6 heteroatoms. The van der Waals surface area contributed by atoms with Crippen molar-refractivity contribution in [3.63, 3.8) is 0 Å². The number of likely N-dealkylation sites (N-methyl/N-ethyl adjacent to an activating group) is 1. The SMILES string of the molecule is CN(C)C[C@H]1[C@H]2C[C@H](CN(C(=O)CCc3ccc(F)cc3)C2)[C@@H]2CCCC(=O)N21. The minimum atomic E-state index is -0.248. The monoisotopic (exact) mass is 401 g/mol. The van der Waals surface area contributed by atoms with E-state index in [-0.39, 0.29) is 23.8 Å². The highest BCUT2D eigenvalue weighted by Crippen LogP contribution is 2.41. The molecule has 3 heterocycles. The summed E-state index contributed by atoms with van der Waals surface area (Å²) in [6.45, 7) is 2.37. The molecule has 2 amide bonds. The van der Waals surface area contributed by atoms with Crippen molar-refractivity contribution >= 4 is 11.8 Å². The van der Waals surface area contributed by atoms with Crippen molar-refractivity contribution < 1.29 is 14.0 Å². The number of piperidine rings is 3. The summed E-state index contributed by atoms with van der Waals surface area (Å²) in [4.78, 5) is 32.1. The number of nitrogens with zero attached hydrogens (tertiary/aromatic N) is 3. The maximum Gasteiger partial charge on any atom is 0.223 e. The number of aryl methyl sites for hydroxylation is 1. The minimum Gasteiger partial charge on any atom is -0.342 e. The first-order chi connectivity index (χ1) is 13.9. The van der Waals surface area contributed by atoms with Crippen LogP contribution in [-0.4, -0.2) is 72.3 Å². The highest BCUT2D eigenvalue weighted by atomic mass is 19.1. The van der Waals surface area contributed by atoms with Crippen LogP contribution in [0.4, 0.5) is 4.39 Å². The molecule has 1 aromatic rings. The van der Waals surface area contributed by atoms with Crippen molar-refractivity contribution in [2.75, 3.05) is 33.7 Å². The third-order valence-electron chi connectivity index (χ3n) is 6.94. The Bertz CT molecular complexity index is 751. The Hall–Kier alpha value is -1.95. The molecule has 3 fully saturated rings. The van der Waals surface area contributed by atoms with Crippen molar-refractivity contribution in [2.45, 2.75) is 50.6 Å². The normalized spacial score (nSPS) is 29.2. The smallest absolute Gasteiger partial charge is 0.223 e. The van der Waals surface area contributed by atoms with E-state index in [1.54, 1.807) is 12.1 Å². The molecule has 3 saturated heterocycles. The largest absolute Gasteiger partial charge is 0.342 e. The summed E-state index contributed by atoms with van der Waals surface area (Å²) in [5, 5.41) is 0. The minimum absolute atomic E-state index is 0.184. The molecule has 0 spiro atoms. The topological polar surface area (TPSA) is 43.9 Å². The van der Waals surface area contributed by atoms with Gasteiger partial charge in [0, 0.05) is 44.6 Å². The van der Waals surface area contributed by atoms with Gasteiger partial charge in [-0.1, -0.05) is 12.1 Å². The number of likely N-dealkylation sites (tertiary alicyclic amines) is 1. The third kappa shape index (κ3) is 4.32. The number of carbonyl (C=O) groups excluding carboxylic acids is 2. The van der Waals surface area contributed by atoms with Crippen LogP contribution in [0.5, 0.6) is 0 Å². The highest BCUT2D eigenvalue weighted by molar-refractivity contribution is 5.79. The number of amides is 2. The van der Waals surface area contributed by atoms with Crippen molar-refractivity contribution in [3.05, 3.63) is 35.6 Å². The van der Waals surface area contributed by atoms with Crippen LogP contribution in [0.2, 0.25) is 0 Å². The van der Waals surface area contributed by atoms with Gasteiger partial charge in [0.05, 0.1) is 0 Å². The van der Waals surface area contributed by atoms with Gasteiger partial charge in [-0.25, -0.2) is 4.39 Å². The fourth-order valence-corrected chi connectivity index (χ4v) is 5.65.